The van der Waals surface area contributed by atoms with E-state index in [1.54, 1.807) is 5.56 Å². The van der Waals surface area contributed by atoms with Crippen molar-refractivity contribution in [1.82, 2.24) is 0 Å². The highest BCUT2D eigenvalue weighted by atomic mass is 79.9. The van der Waals surface area contributed by atoms with Crippen LogP contribution < -0.4 is 0 Å². The molecule has 1 heteroatoms. The van der Waals surface area contributed by atoms with Gasteiger partial charge in [0, 0.05) is 4.83 Å². The van der Waals surface area contributed by atoms with E-state index in [4.69, 9.17) is 0 Å². The molecule has 102 valence electrons. The molecule has 0 fully saturated rings. The van der Waals surface area contributed by atoms with Crippen LogP contribution in [-0.4, -0.2) is 0 Å². The molecule has 0 aliphatic rings. The number of rotatable bonds is 6. The van der Waals surface area contributed by atoms with E-state index in [9.17, 15) is 0 Å². The highest BCUT2D eigenvalue weighted by Gasteiger charge is 2.17. The topological polar surface area (TPSA) is 0 Å². The first-order chi connectivity index (χ1) is 8.53. The molecule has 0 N–H and O–H groups in total. The minimum atomic E-state index is 0.508. The van der Waals surface area contributed by atoms with E-state index < -0.39 is 0 Å². The molecule has 0 saturated heterocycles. The molecule has 1 atom stereocenters. The number of hydrogen-bond acceptors (Lipinski definition) is 0. The summed E-state index contributed by atoms with van der Waals surface area (Å²) in [5, 5.41) is 0. The van der Waals surface area contributed by atoms with E-state index in [1.165, 1.54) is 23.1 Å². The summed E-state index contributed by atoms with van der Waals surface area (Å²) in [6, 6.07) is 4.81. The largest absolute Gasteiger partial charge is 0.0838 e. The Bertz CT molecular complexity index is 354. The van der Waals surface area contributed by atoms with Crippen LogP contribution in [0, 0.1) is 5.92 Å². The minimum Gasteiger partial charge on any atom is -0.0838 e. The molecule has 1 rings (SSSR count). The van der Waals surface area contributed by atoms with Gasteiger partial charge in [0.05, 0.1) is 0 Å². The Labute approximate surface area is 121 Å². The second-order valence-electron chi connectivity index (χ2n) is 5.49. The van der Waals surface area contributed by atoms with Crippen LogP contribution in [0.3, 0.4) is 0 Å². The van der Waals surface area contributed by atoms with Crippen molar-refractivity contribution in [3.8, 4) is 0 Å². The van der Waals surface area contributed by atoms with E-state index in [0.29, 0.717) is 4.83 Å². The predicted molar refractivity (Wildman–Crippen MR) is 85.7 cm³/mol. The third kappa shape index (κ3) is 3.85. The Hall–Kier alpha value is -0.300. The number of alkyl halides is 1. The van der Waals surface area contributed by atoms with Crippen LogP contribution in [0.25, 0.3) is 0 Å². The van der Waals surface area contributed by atoms with Gasteiger partial charge in [0.15, 0.2) is 0 Å². The minimum absolute atomic E-state index is 0.508. The molecule has 0 aliphatic carbocycles. The highest BCUT2D eigenvalue weighted by molar-refractivity contribution is 9.09. The van der Waals surface area contributed by atoms with E-state index in [-0.39, 0.29) is 0 Å². The molecule has 18 heavy (non-hydrogen) atoms. The van der Waals surface area contributed by atoms with Gasteiger partial charge in [-0.3, -0.25) is 0 Å². The maximum Gasteiger partial charge on any atom is 0.0403 e. The summed E-state index contributed by atoms with van der Waals surface area (Å²) in [6.45, 7) is 11.4. The monoisotopic (exact) mass is 310 g/mol. The van der Waals surface area contributed by atoms with Gasteiger partial charge in [-0.15, -0.1) is 0 Å². The molecular weight excluding hydrogens is 284 g/mol. The first kappa shape index (κ1) is 15.8. The molecule has 0 nitrogen and oxygen atoms in total. The van der Waals surface area contributed by atoms with Gasteiger partial charge in [-0.05, 0) is 53.9 Å². The van der Waals surface area contributed by atoms with Crippen molar-refractivity contribution in [2.75, 3.05) is 0 Å². The summed E-state index contributed by atoms with van der Waals surface area (Å²) in [5.74, 6) is 0.731. The van der Waals surface area contributed by atoms with Crippen LogP contribution in [-0.2, 0) is 19.3 Å². The number of hydrogen-bond donors (Lipinski definition) is 0. The van der Waals surface area contributed by atoms with Gasteiger partial charge in [0.1, 0.15) is 0 Å². The van der Waals surface area contributed by atoms with Gasteiger partial charge in [-0.1, -0.05) is 62.7 Å². The third-order valence-corrected chi connectivity index (χ3v) is 4.40. The van der Waals surface area contributed by atoms with Crippen LogP contribution in [0.2, 0.25) is 0 Å². The van der Waals surface area contributed by atoms with Crippen LogP contribution >= 0.6 is 15.9 Å². The van der Waals surface area contributed by atoms with Gasteiger partial charge < -0.3 is 0 Å². The molecule has 0 amide bonds. The summed E-state index contributed by atoms with van der Waals surface area (Å²) in [5.41, 5.74) is 6.12. The predicted octanol–water partition coefficient (Wildman–Crippen LogP) is 5.86. The fourth-order valence-corrected chi connectivity index (χ4v) is 3.91. The van der Waals surface area contributed by atoms with Crippen molar-refractivity contribution in [3.63, 3.8) is 0 Å². The lowest BCUT2D eigenvalue weighted by Crippen LogP contribution is -2.05. The highest BCUT2D eigenvalue weighted by Crippen LogP contribution is 2.36. The Morgan fingerprint density at radius 1 is 0.944 bits per heavy atom. The van der Waals surface area contributed by atoms with Crippen LogP contribution in [0.15, 0.2) is 12.1 Å². The molecule has 0 aromatic heterocycles. The fraction of sp³-hybridized carbons (Fsp3) is 0.647. The number of halogens is 1. The average Bonchev–Trinajstić information content (AvgIpc) is 2.35. The Kier molecular flexibility index (Phi) is 6.42. The second-order valence-corrected chi connectivity index (χ2v) is 6.59. The third-order valence-electron chi connectivity index (χ3n) is 3.57. The zero-order valence-corrected chi connectivity index (χ0v) is 14.1. The van der Waals surface area contributed by atoms with Crippen LogP contribution in [0.5, 0.6) is 0 Å². The van der Waals surface area contributed by atoms with Crippen molar-refractivity contribution in [2.24, 2.45) is 5.92 Å². The summed E-state index contributed by atoms with van der Waals surface area (Å²) >= 11 is 3.92. The molecule has 1 aromatic carbocycles. The van der Waals surface area contributed by atoms with Crippen molar-refractivity contribution in [3.05, 3.63) is 34.4 Å². The van der Waals surface area contributed by atoms with Crippen LogP contribution in [0.1, 0.15) is 68.1 Å². The lowest BCUT2D eigenvalue weighted by molar-refractivity contribution is 0.580. The molecule has 0 saturated carbocycles. The lowest BCUT2D eigenvalue weighted by atomic mass is 9.89. The summed E-state index contributed by atoms with van der Waals surface area (Å²) in [7, 11) is 0. The molecule has 0 heterocycles. The normalized spacial score (nSPS) is 13.1. The van der Waals surface area contributed by atoms with Gasteiger partial charge >= 0.3 is 0 Å². The van der Waals surface area contributed by atoms with Crippen molar-refractivity contribution in [2.45, 2.75) is 65.1 Å². The van der Waals surface area contributed by atoms with Crippen molar-refractivity contribution < 1.29 is 0 Å². The van der Waals surface area contributed by atoms with Gasteiger partial charge in [-0.25, -0.2) is 0 Å². The lowest BCUT2D eigenvalue weighted by Gasteiger charge is -2.21. The van der Waals surface area contributed by atoms with Crippen molar-refractivity contribution in [1.29, 1.82) is 0 Å². The summed E-state index contributed by atoms with van der Waals surface area (Å²) < 4.78 is 0. The first-order valence-corrected chi connectivity index (χ1v) is 8.23. The zero-order chi connectivity index (χ0) is 13.7. The van der Waals surface area contributed by atoms with Gasteiger partial charge in [-0.2, -0.15) is 0 Å². The number of benzene rings is 1. The van der Waals surface area contributed by atoms with E-state index >= 15 is 0 Å². The first-order valence-electron chi connectivity index (χ1n) is 7.31. The molecular formula is C17H27Br. The molecule has 0 bridgehead atoms. The Balaban J connectivity index is 3.21. The molecule has 0 spiro atoms. The Morgan fingerprint density at radius 3 is 1.78 bits per heavy atom. The standard InChI is InChI=1S/C17H27Br/c1-6-13-10-14(7-2)17(15(8-3)11-13)16(18)9-12(4)5/h10-12,16H,6-9H2,1-5H3. The quantitative estimate of drug-likeness (QED) is 0.578. The smallest absolute Gasteiger partial charge is 0.0403 e. The van der Waals surface area contributed by atoms with Crippen molar-refractivity contribution >= 4 is 15.9 Å². The van der Waals surface area contributed by atoms with Gasteiger partial charge in [0.2, 0.25) is 0 Å². The SMILES string of the molecule is CCc1cc(CC)c(C(Br)CC(C)C)c(CC)c1. The van der Waals surface area contributed by atoms with E-state index in [2.05, 4.69) is 62.7 Å². The molecule has 0 radical (unpaired) electrons. The maximum absolute atomic E-state index is 3.92. The molecule has 0 aliphatic heterocycles. The fourth-order valence-electron chi connectivity index (χ4n) is 2.57. The maximum atomic E-state index is 3.92. The number of aryl methyl sites for hydroxylation is 3. The average molecular weight is 311 g/mol. The Morgan fingerprint density at radius 2 is 1.44 bits per heavy atom. The van der Waals surface area contributed by atoms with E-state index in [1.807, 2.05) is 0 Å². The zero-order valence-electron chi connectivity index (χ0n) is 12.5. The van der Waals surface area contributed by atoms with Gasteiger partial charge in [0.25, 0.3) is 0 Å². The molecule has 1 aromatic rings. The van der Waals surface area contributed by atoms with E-state index in [0.717, 1.165) is 25.2 Å². The summed E-state index contributed by atoms with van der Waals surface area (Å²) in [6.07, 6.45) is 4.62. The van der Waals surface area contributed by atoms with Crippen LogP contribution in [0.4, 0.5) is 0 Å². The summed E-state index contributed by atoms with van der Waals surface area (Å²) in [4.78, 5) is 0.508. The molecule has 1 unspecified atom stereocenters. The second kappa shape index (κ2) is 7.33.